The van der Waals surface area contributed by atoms with Gasteiger partial charge in [0.1, 0.15) is 23.1 Å². The third-order valence-corrected chi connectivity index (χ3v) is 25.9. The van der Waals surface area contributed by atoms with Crippen molar-refractivity contribution >= 4 is 121 Å². The highest BCUT2D eigenvalue weighted by atomic mass is 35.5. The van der Waals surface area contributed by atoms with Crippen molar-refractivity contribution in [1.82, 2.24) is 60.0 Å². The zero-order valence-corrected chi connectivity index (χ0v) is 67.9. The lowest BCUT2D eigenvalue weighted by Gasteiger charge is -2.23. The van der Waals surface area contributed by atoms with E-state index in [1.165, 1.54) is 208 Å². The summed E-state index contributed by atoms with van der Waals surface area (Å²) in [5.74, 6) is 0.0753. The number of pyridine rings is 6. The molecule has 25 rings (SSSR count). The summed E-state index contributed by atoms with van der Waals surface area (Å²) in [4.78, 5) is 42.1. The molecule has 0 atom stereocenters. The Bertz CT molecular complexity index is 7100. The summed E-state index contributed by atoms with van der Waals surface area (Å²) < 4.78 is 27.5. The van der Waals surface area contributed by atoms with Crippen LogP contribution in [0.5, 0.6) is 11.5 Å². The SMILES string of the molecule is Cc1cc2c(ccc3nc(-c4ccc(O)cc4)c4c(c32)CCCC4)[nH]1.Clc1ccc(-c2[nH]c3ccc4nccc4c3c3c2CCCC3)cc1.Fc1cccc(-c2[nH]c3ccc4nccc4c3c3c2CCCC3)c1.Fc1cccc(-c2nc3ccc4[nH]ncc4c3c3c2CCCC3)c1.Oc1ccc(-c2[nH]c3ccc4nccc4c3c3c2CCCC3)nc1. The Balaban J connectivity index is 0.0000000934. The number of hydrogen-bond donors (Lipinski definition) is 7. The molecule has 14 nitrogen and oxygen atoms in total. The molecule has 5 aliphatic carbocycles. The second-order valence-electron chi connectivity index (χ2n) is 33.0. The van der Waals surface area contributed by atoms with Gasteiger partial charge in [0.05, 0.1) is 68.3 Å². The van der Waals surface area contributed by atoms with E-state index in [0.29, 0.717) is 5.75 Å². The van der Waals surface area contributed by atoms with Gasteiger partial charge in [0, 0.05) is 133 Å². The van der Waals surface area contributed by atoms with Crippen molar-refractivity contribution in [2.75, 3.05) is 0 Å². The van der Waals surface area contributed by atoms with Gasteiger partial charge in [0.25, 0.3) is 0 Å². The first-order chi connectivity index (χ1) is 59.4. The molecule has 0 bridgehead atoms. The average molecular weight is 1610 g/mol. The second-order valence-corrected chi connectivity index (χ2v) is 33.4. The number of benzene rings is 9. The molecule has 121 heavy (non-hydrogen) atoms. The predicted octanol–water partition coefficient (Wildman–Crippen LogP) is 25.8. The van der Waals surface area contributed by atoms with Crippen LogP contribution in [0.1, 0.15) is 126 Å². The van der Waals surface area contributed by atoms with Crippen LogP contribution >= 0.6 is 11.6 Å². The fraction of sp³-hybridized carbons (Fsp3) is 0.202. The molecule has 596 valence electrons. The van der Waals surface area contributed by atoms with Crippen LogP contribution in [-0.2, 0) is 64.2 Å². The summed E-state index contributed by atoms with van der Waals surface area (Å²) in [6, 6.07) is 62.3. The van der Waals surface area contributed by atoms with Crippen molar-refractivity contribution < 1.29 is 19.0 Å². The van der Waals surface area contributed by atoms with E-state index in [0.717, 1.165) is 170 Å². The van der Waals surface area contributed by atoms with E-state index >= 15 is 0 Å². The number of aryl methyl sites for hydroxylation is 6. The van der Waals surface area contributed by atoms with Gasteiger partial charge in [-0.05, 0) is 354 Å². The summed E-state index contributed by atoms with van der Waals surface area (Å²) in [6.07, 6.45) is 32.0. The van der Waals surface area contributed by atoms with Gasteiger partial charge in [-0.15, -0.1) is 0 Å². The van der Waals surface area contributed by atoms with Crippen molar-refractivity contribution in [3.05, 3.63) is 303 Å². The minimum Gasteiger partial charge on any atom is -0.508 e. The fourth-order valence-corrected chi connectivity index (χ4v) is 20.3. The van der Waals surface area contributed by atoms with Gasteiger partial charge < -0.3 is 30.1 Å². The molecular formula is C104H87ClF2N12O2. The molecule has 0 unspecified atom stereocenters. The van der Waals surface area contributed by atoms with Crippen molar-refractivity contribution in [2.24, 2.45) is 0 Å². The zero-order valence-electron chi connectivity index (χ0n) is 67.2. The largest absolute Gasteiger partial charge is 0.508 e. The Labute approximate surface area is 701 Å². The van der Waals surface area contributed by atoms with Gasteiger partial charge in [0.15, 0.2) is 0 Å². The third-order valence-electron chi connectivity index (χ3n) is 25.6. The summed E-state index contributed by atoms with van der Waals surface area (Å²) in [5, 5.41) is 39.8. The molecule has 0 saturated carbocycles. The lowest BCUT2D eigenvalue weighted by molar-refractivity contribution is 0.472. The van der Waals surface area contributed by atoms with Crippen molar-refractivity contribution in [2.45, 2.75) is 135 Å². The molecule has 0 saturated heterocycles. The molecule has 0 spiro atoms. The molecule has 0 amide bonds. The number of nitrogens with zero attached hydrogens (tertiary/aromatic N) is 7. The summed E-state index contributed by atoms with van der Waals surface area (Å²) in [5.41, 5.74) is 36.4. The quantitative estimate of drug-likeness (QED) is 0.0873. The van der Waals surface area contributed by atoms with Gasteiger partial charge in [-0.1, -0.05) is 48.0 Å². The molecule has 17 heteroatoms. The molecule has 0 radical (unpaired) electrons. The zero-order chi connectivity index (χ0) is 81.3. The van der Waals surface area contributed by atoms with Crippen molar-refractivity contribution in [3.8, 4) is 67.9 Å². The first-order valence-corrected chi connectivity index (χ1v) is 43.0. The predicted molar refractivity (Wildman–Crippen MR) is 487 cm³/mol. The Morgan fingerprint density at radius 1 is 0.314 bits per heavy atom. The van der Waals surface area contributed by atoms with Crippen LogP contribution in [0, 0.1) is 18.6 Å². The van der Waals surface area contributed by atoms with Crippen LogP contribution < -0.4 is 0 Å². The van der Waals surface area contributed by atoms with E-state index in [1.54, 1.807) is 42.5 Å². The number of hydrogen-bond acceptors (Lipinski definition) is 9. The molecule has 9 aromatic carbocycles. The van der Waals surface area contributed by atoms with Gasteiger partial charge in [0.2, 0.25) is 0 Å². The van der Waals surface area contributed by atoms with E-state index in [9.17, 15) is 19.0 Å². The maximum absolute atomic E-state index is 13.7. The standard InChI is InChI=1S/C22H20N2O.C21H17ClN2.C21H17FN2.C20H16FN3.C20H17N3O/c1-13-12-18-19(23-13)10-11-20-21(18)16-4-2-3-5-17(16)22(24-20)14-6-8-15(25)9-7-14;22-14-7-5-13(6-8-14)21-16-4-2-1-3-15(16)20-17-11-12-23-18(17)9-10-19(20)24-21;22-14-5-3-4-13(12-14)21-16-7-2-1-6-15(16)20-17-10-11-23-18(17)8-9-19(20)24-21;21-13-5-3-4-12(10-13)20-15-7-2-1-6-14(15)19-16-11-22-24-17(16)8-9-18(19)23-20;24-12-5-6-18(22-11-12)20-14-4-2-1-3-13(14)19-15-9-10-21-16(15)7-8-17(19)23-20/h6-12,23,25H,2-5H2,1H3;5-12,24H,1-4H2;3-5,8-12,24H,1-2,6-7H2;3-5,8-11H,1-2,6-7H2,(H,22,24);5-11,23-24H,1-4H2. The molecule has 5 aliphatic rings. The Morgan fingerprint density at radius 3 is 1.24 bits per heavy atom. The van der Waals surface area contributed by atoms with E-state index in [-0.39, 0.29) is 17.4 Å². The van der Waals surface area contributed by atoms with E-state index in [1.807, 2.05) is 79.4 Å². The van der Waals surface area contributed by atoms with Crippen LogP contribution in [0.15, 0.2) is 225 Å². The molecule has 11 heterocycles. The maximum atomic E-state index is 13.7. The molecule has 7 N–H and O–H groups in total. The van der Waals surface area contributed by atoms with Crippen LogP contribution in [0.3, 0.4) is 0 Å². The summed E-state index contributed by atoms with van der Waals surface area (Å²) in [7, 11) is 0. The van der Waals surface area contributed by atoms with E-state index in [4.69, 9.17) is 21.6 Å². The number of rotatable bonds is 5. The Kier molecular flexibility index (Phi) is 19.7. The average Bonchev–Trinajstić information content (AvgIpc) is 1.70. The highest BCUT2D eigenvalue weighted by Crippen LogP contribution is 2.45. The van der Waals surface area contributed by atoms with Gasteiger partial charge in [-0.3, -0.25) is 25.0 Å². The number of aromatic nitrogens is 12. The number of fused-ring (bicyclic) bond motifs is 25. The Morgan fingerprint density at radius 2 is 0.727 bits per heavy atom. The van der Waals surface area contributed by atoms with Crippen LogP contribution in [0.4, 0.5) is 8.78 Å². The van der Waals surface area contributed by atoms with Gasteiger partial charge >= 0.3 is 0 Å². The first kappa shape index (κ1) is 75.1. The number of nitrogens with one attached hydrogen (secondary N) is 5. The van der Waals surface area contributed by atoms with Crippen LogP contribution in [0.25, 0.3) is 165 Å². The molecule has 11 aromatic heterocycles. The molecular weight excluding hydrogens is 1520 g/mol. The van der Waals surface area contributed by atoms with Gasteiger partial charge in [-0.2, -0.15) is 5.10 Å². The Hall–Kier alpha value is -13.4. The third kappa shape index (κ3) is 14.0. The number of aromatic amines is 5. The van der Waals surface area contributed by atoms with E-state index < -0.39 is 0 Å². The molecule has 0 aliphatic heterocycles. The molecule has 0 fully saturated rings. The second kappa shape index (κ2) is 31.7. The van der Waals surface area contributed by atoms with E-state index in [2.05, 4.69) is 142 Å². The number of aromatic hydroxyl groups is 2. The topological polar surface area (TPSA) is 210 Å². The summed E-state index contributed by atoms with van der Waals surface area (Å²) in [6.45, 7) is 2.11. The number of phenols is 1. The highest BCUT2D eigenvalue weighted by Gasteiger charge is 2.28. The van der Waals surface area contributed by atoms with Crippen LogP contribution in [0.2, 0.25) is 5.02 Å². The molecule has 20 aromatic rings. The highest BCUT2D eigenvalue weighted by molar-refractivity contribution is 6.30. The van der Waals surface area contributed by atoms with Crippen LogP contribution in [-0.4, -0.2) is 70.3 Å². The minimum absolute atomic E-state index is 0.193. The normalized spacial score (nSPS) is 14.2. The lowest BCUT2D eigenvalue weighted by atomic mass is 9.85. The number of H-pyrrole nitrogens is 5. The van der Waals surface area contributed by atoms with Gasteiger partial charge in [-0.25, -0.2) is 18.7 Å². The summed E-state index contributed by atoms with van der Waals surface area (Å²) >= 11 is 6.07. The maximum Gasteiger partial charge on any atom is 0.133 e. The van der Waals surface area contributed by atoms with Crippen molar-refractivity contribution in [1.29, 1.82) is 0 Å². The monoisotopic (exact) mass is 1610 g/mol. The first-order valence-electron chi connectivity index (χ1n) is 42.6. The smallest absolute Gasteiger partial charge is 0.133 e. The minimum atomic E-state index is -0.218. The fourth-order valence-electron chi connectivity index (χ4n) is 20.2. The number of halogens is 3. The number of phenolic OH excluding ortho intramolecular Hbond substituents is 1. The lowest BCUT2D eigenvalue weighted by Crippen LogP contribution is -2.08. The van der Waals surface area contributed by atoms with Crippen molar-refractivity contribution in [3.63, 3.8) is 0 Å².